The molecule has 0 heterocycles. The smallest absolute Gasteiger partial charge is 0.343 e. The van der Waals surface area contributed by atoms with E-state index < -0.39 is 21.2 Å². The van der Waals surface area contributed by atoms with E-state index in [9.17, 15) is 13.2 Å². The molecule has 3 aromatic carbocycles. The van der Waals surface area contributed by atoms with Crippen molar-refractivity contribution >= 4 is 16.0 Å². The van der Waals surface area contributed by atoms with Crippen LogP contribution in [0.5, 0.6) is 5.75 Å². The van der Waals surface area contributed by atoms with Crippen LogP contribution < -0.4 is 9.46 Å². The Kier molecular flexibility index (Phi) is 11.0. The van der Waals surface area contributed by atoms with Crippen LogP contribution in [0.2, 0.25) is 0 Å². The SMILES string of the molecule is CCCCc1ccc(C#Cc2ccc(CC(C)S(=O)(=O)NCc3ccc(OCC(=O)OC)cc3)cc2)cc1. The molecule has 0 aliphatic rings. The molecule has 0 aromatic heterocycles. The molecule has 0 saturated heterocycles. The number of ether oxygens (including phenoxy) is 2. The van der Waals surface area contributed by atoms with Gasteiger partial charge in [0.05, 0.1) is 12.4 Å². The number of esters is 1. The first-order valence-corrected chi connectivity index (χ1v) is 14.3. The molecular formula is C31H35NO5S. The summed E-state index contributed by atoms with van der Waals surface area (Å²) in [5.41, 5.74) is 4.91. The Hall–Kier alpha value is -3.60. The van der Waals surface area contributed by atoms with Gasteiger partial charge < -0.3 is 9.47 Å². The van der Waals surface area contributed by atoms with Gasteiger partial charge in [0.2, 0.25) is 10.0 Å². The van der Waals surface area contributed by atoms with Gasteiger partial charge in [-0.15, -0.1) is 0 Å². The fourth-order valence-corrected chi connectivity index (χ4v) is 4.74. The first-order chi connectivity index (χ1) is 18.3. The van der Waals surface area contributed by atoms with Crippen molar-refractivity contribution in [3.63, 3.8) is 0 Å². The fourth-order valence-electron chi connectivity index (χ4n) is 3.68. The summed E-state index contributed by atoms with van der Waals surface area (Å²) in [6.45, 7) is 3.88. The number of carbonyl (C=O) groups is 1. The Labute approximate surface area is 226 Å². The minimum Gasteiger partial charge on any atom is -0.482 e. The molecule has 0 radical (unpaired) electrons. The van der Waals surface area contributed by atoms with E-state index in [1.165, 1.54) is 25.5 Å². The number of hydrogen-bond acceptors (Lipinski definition) is 5. The van der Waals surface area contributed by atoms with Crippen molar-refractivity contribution in [2.45, 2.75) is 51.3 Å². The van der Waals surface area contributed by atoms with E-state index in [1.54, 1.807) is 31.2 Å². The van der Waals surface area contributed by atoms with Gasteiger partial charge in [0.1, 0.15) is 5.75 Å². The average Bonchev–Trinajstić information content (AvgIpc) is 2.94. The molecule has 1 N–H and O–H groups in total. The number of unbranched alkanes of at least 4 members (excludes halogenated alkanes) is 1. The molecular weight excluding hydrogens is 498 g/mol. The van der Waals surface area contributed by atoms with Gasteiger partial charge in [-0.2, -0.15) is 0 Å². The molecule has 0 spiro atoms. The monoisotopic (exact) mass is 533 g/mol. The second-order valence-electron chi connectivity index (χ2n) is 9.14. The number of aryl methyl sites for hydroxylation is 1. The molecule has 0 aliphatic carbocycles. The van der Waals surface area contributed by atoms with E-state index in [1.807, 2.05) is 24.3 Å². The predicted octanol–water partition coefficient (Wildman–Crippen LogP) is 5.03. The normalized spacial score (nSPS) is 11.8. The first kappa shape index (κ1) is 29.0. The highest BCUT2D eigenvalue weighted by atomic mass is 32.2. The molecule has 0 saturated carbocycles. The molecule has 3 aromatic rings. The summed E-state index contributed by atoms with van der Waals surface area (Å²) in [5.74, 6) is 6.41. The lowest BCUT2D eigenvalue weighted by molar-refractivity contribution is -0.142. The zero-order valence-corrected chi connectivity index (χ0v) is 23.0. The highest BCUT2D eigenvalue weighted by molar-refractivity contribution is 7.90. The fraction of sp³-hybridized carbons (Fsp3) is 0.323. The minimum absolute atomic E-state index is 0.165. The molecule has 1 atom stereocenters. The van der Waals surface area contributed by atoms with Crippen LogP contribution >= 0.6 is 0 Å². The number of nitrogens with one attached hydrogen (secondary N) is 1. The molecule has 0 bridgehead atoms. The Balaban J connectivity index is 1.50. The summed E-state index contributed by atoms with van der Waals surface area (Å²) in [6, 6.07) is 23.0. The molecule has 38 heavy (non-hydrogen) atoms. The maximum absolute atomic E-state index is 12.8. The largest absolute Gasteiger partial charge is 0.482 e. The van der Waals surface area contributed by atoms with Crippen molar-refractivity contribution in [1.29, 1.82) is 0 Å². The van der Waals surface area contributed by atoms with Crippen molar-refractivity contribution in [2.24, 2.45) is 0 Å². The third-order valence-corrected chi connectivity index (χ3v) is 7.89. The topological polar surface area (TPSA) is 81.7 Å². The maximum Gasteiger partial charge on any atom is 0.343 e. The summed E-state index contributed by atoms with van der Waals surface area (Å²) in [5, 5.41) is -0.603. The van der Waals surface area contributed by atoms with Crippen LogP contribution in [0.4, 0.5) is 0 Å². The third-order valence-electron chi connectivity index (χ3n) is 6.12. The van der Waals surface area contributed by atoms with Crippen LogP contribution in [-0.2, 0) is 38.9 Å². The molecule has 7 heteroatoms. The lowest BCUT2D eigenvalue weighted by Crippen LogP contribution is -2.33. The number of carbonyl (C=O) groups excluding carboxylic acids is 1. The van der Waals surface area contributed by atoms with Crippen molar-refractivity contribution in [3.8, 4) is 17.6 Å². The zero-order chi connectivity index (χ0) is 27.4. The van der Waals surface area contributed by atoms with Gasteiger partial charge in [-0.05, 0) is 79.3 Å². The number of rotatable bonds is 12. The van der Waals surface area contributed by atoms with Crippen LogP contribution in [-0.4, -0.2) is 33.4 Å². The van der Waals surface area contributed by atoms with Crippen molar-refractivity contribution in [2.75, 3.05) is 13.7 Å². The quantitative estimate of drug-likeness (QED) is 0.261. The van der Waals surface area contributed by atoms with E-state index in [4.69, 9.17) is 4.74 Å². The van der Waals surface area contributed by atoms with Crippen LogP contribution in [0.15, 0.2) is 72.8 Å². The van der Waals surface area contributed by atoms with Gasteiger partial charge >= 0.3 is 5.97 Å². The summed E-state index contributed by atoms with van der Waals surface area (Å²) in [6.07, 6.45) is 3.86. The highest BCUT2D eigenvalue weighted by Gasteiger charge is 2.20. The second kappa shape index (κ2) is 14.4. The molecule has 0 fully saturated rings. The molecule has 200 valence electrons. The van der Waals surface area contributed by atoms with Gasteiger partial charge in [0.15, 0.2) is 6.61 Å². The molecule has 3 rings (SSSR count). The number of benzene rings is 3. The minimum atomic E-state index is -3.53. The summed E-state index contributed by atoms with van der Waals surface area (Å²) >= 11 is 0. The van der Waals surface area contributed by atoms with Gasteiger partial charge in [-0.25, -0.2) is 17.9 Å². The Morgan fingerprint density at radius 1 is 0.868 bits per heavy atom. The van der Waals surface area contributed by atoms with E-state index in [-0.39, 0.29) is 13.2 Å². The molecule has 1 unspecified atom stereocenters. The first-order valence-electron chi connectivity index (χ1n) is 12.8. The van der Waals surface area contributed by atoms with Crippen LogP contribution in [0, 0.1) is 11.8 Å². The van der Waals surface area contributed by atoms with Gasteiger partial charge in [-0.1, -0.05) is 61.6 Å². The van der Waals surface area contributed by atoms with Crippen molar-refractivity contribution < 1.29 is 22.7 Å². The van der Waals surface area contributed by atoms with Crippen LogP contribution in [0.3, 0.4) is 0 Å². The van der Waals surface area contributed by atoms with Gasteiger partial charge in [0, 0.05) is 17.7 Å². The van der Waals surface area contributed by atoms with Gasteiger partial charge in [-0.3, -0.25) is 0 Å². The lowest BCUT2D eigenvalue weighted by Gasteiger charge is -2.14. The Morgan fingerprint density at radius 2 is 1.42 bits per heavy atom. The Morgan fingerprint density at radius 3 is 1.97 bits per heavy atom. The lowest BCUT2D eigenvalue weighted by atomic mass is 10.1. The van der Waals surface area contributed by atoms with Crippen molar-refractivity contribution in [3.05, 3.63) is 101 Å². The zero-order valence-electron chi connectivity index (χ0n) is 22.2. The van der Waals surface area contributed by atoms with Crippen LogP contribution in [0.25, 0.3) is 0 Å². The summed E-state index contributed by atoms with van der Waals surface area (Å²) in [7, 11) is -2.23. The number of methoxy groups -OCH3 is 1. The van der Waals surface area contributed by atoms with E-state index in [2.05, 4.69) is 52.5 Å². The maximum atomic E-state index is 12.8. The van der Waals surface area contributed by atoms with E-state index in [0.717, 1.165) is 28.7 Å². The third kappa shape index (κ3) is 9.37. The predicted molar refractivity (Wildman–Crippen MR) is 150 cm³/mol. The molecule has 0 aliphatic heterocycles. The van der Waals surface area contributed by atoms with Crippen LogP contribution in [0.1, 0.15) is 54.5 Å². The second-order valence-corrected chi connectivity index (χ2v) is 11.3. The standard InChI is InChI=1S/C31H35NO5S/c1-4-5-6-25-7-9-26(10-8-25)11-12-27-13-15-28(16-14-27)21-24(2)38(34,35)32-22-29-17-19-30(20-18-29)37-23-31(33)36-3/h7-10,13-20,24,32H,4-6,21-23H2,1-3H3. The highest BCUT2D eigenvalue weighted by Crippen LogP contribution is 2.15. The van der Waals surface area contributed by atoms with Crippen molar-refractivity contribution in [1.82, 2.24) is 4.72 Å². The van der Waals surface area contributed by atoms with E-state index >= 15 is 0 Å². The average molecular weight is 534 g/mol. The number of hydrogen-bond donors (Lipinski definition) is 1. The molecule has 0 amide bonds. The Bertz CT molecular complexity index is 1340. The summed E-state index contributed by atoms with van der Waals surface area (Å²) in [4.78, 5) is 11.2. The van der Waals surface area contributed by atoms with Gasteiger partial charge in [0.25, 0.3) is 0 Å². The summed E-state index contributed by atoms with van der Waals surface area (Å²) < 4.78 is 38.1. The molecule has 6 nitrogen and oxygen atoms in total. The number of sulfonamides is 1. The van der Waals surface area contributed by atoms with E-state index in [0.29, 0.717) is 12.2 Å².